The minimum Gasteiger partial charge on any atom is -0.303 e. The highest BCUT2D eigenvalue weighted by Gasteiger charge is 2.23. The van der Waals surface area contributed by atoms with E-state index >= 15 is 0 Å². The minimum atomic E-state index is 0.522. The first-order valence-corrected chi connectivity index (χ1v) is 7.95. The van der Waals surface area contributed by atoms with Crippen LogP contribution in [0.15, 0.2) is 36.7 Å². The maximum atomic E-state index is 4.32. The Labute approximate surface area is 126 Å². The van der Waals surface area contributed by atoms with E-state index in [1.54, 1.807) is 6.33 Å². The molecule has 0 spiro atoms. The molecule has 2 aromatic rings. The highest BCUT2D eigenvalue weighted by molar-refractivity contribution is 5.18. The van der Waals surface area contributed by atoms with Crippen molar-refractivity contribution in [1.29, 1.82) is 0 Å². The molecule has 0 amide bonds. The predicted octanol–water partition coefficient (Wildman–Crippen LogP) is 3.18. The Morgan fingerprint density at radius 2 is 2.19 bits per heavy atom. The van der Waals surface area contributed by atoms with Gasteiger partial charge in [0.15, 0.2) is 0 Å². The molecule has 1 saturated heterocycles. The van der Waals surface area contributed by atoms with Crippen molar-refractivity contribution in [3.63, 3.8) is 0 Å². The number of nitrogens with one attached hydrogen (secondary N) is 1. The van der Waals surface area contributed by atoms with Gasteiger partial charge < -0.3 is 4.90 Å². The van der Waals surface area contributed by atoms with E-state index in [9.17, 15) is 0 Å². The average Bonchev–Trinajstić information content (AvgIpc) is 3.08. The molecule has 4 nitrogen and oxygen atoms in total. The molecule has 0 radical (unpaired) electrons. The van der Waals surface area contributed by atoms with E-state index in [0.29, 0.717) is 11.8 Å². The lowest BCUT2D eigenvalue weighted by atomic mass is 9.95. The van der Waals surface area contributed by atoms with Crippen LogP contribution in [0.4, 0.5) is 0 Å². The molecule has 1 aliphatic heterocycles. The third kappa shape index (κ3) is 3.70. The molecule has 2 atom stereocenters. The van der Waals surface area contributed by atoms with Crippen molar-refractivity contribution in [1.82, 2.24) is 20.1 Å². The van der Waals surface area contributed by atoms with E-state index in [0.717, 1.165) is 12.4 Å². The summed E-state index contributed by atoms with van der Waals surface area (Å²) in [6.07, 6.45) is 5.31. The third-order valence-corrected chi connectivity index (χ3v) is 4.57. The van der Waals surface area contributed by atoms with Crippen molar-refractivity contribution in [2.75, 3.05) is 19.6 Å². The number of benzene rings is 1. The van der Waals surface area contributed by atoms with Gasteiger partial charge in [-0.1, -0.05) is 37.3 Å². The largest absolute Gasteiger partial charge is 0.303 e. The summed E-state index contributed by atoms with van der Waals surface area (Å²) in [6, 6.07) is 10.8. The molecular weight excluding hydrogens is 260 g/mol. The summed E-state index contributed by atoms with van der Waals surface area (Å²) >= 11 is 0. The molecule has 3 rings (SSSR count). The van der Waals surface area contributed by atoms with Crippen molar-refractivity contribution in [3.8, 4) is 0 Å². The number of H-pyrrole nitrogens is 1. The van der Waals surface area contributed by atoms with Crippen LogP contribution in [-0.2, 0) is 0 Å². The number of hydrogen-bond donors (Lipinski definition) is 1. The van der Waals surface area contributed by atoms with Gasteiger partial charge in [0.05, 0.1) is 0 Å². The maximum absolute atomic E-state index is 4.32. The monoisotopic (exact) mass is 284 g/mol. The molecule has 21 heavy (non-hydrogen) atoms. The Morgan fingerprint density at radius 3 is 2.95 bits per heavy atom. The summed E-state index contributed by atoms with van der Waals surface area (Å²) in [4.78, 5) is 6.90. The average molecular weight is 284 g/mol. The zero-order valence-electron chi connectivity index (χ0n) is 12.7. The second-order valence-corrected chi connectivity index (χ2v) is 6.11. The number of rotatable bonds is 5. The molecule has 0 unspecified atom stereocenters. The maximum Gasteiger partial charge on any atom is 0.137 e. The van der Waals surface area contributed by atoms with E-state index in [4.69, 9.17) is 0 Å². The van der Waals surface area contributed by atoms with Crippen LogP contribution < -0.4 is 0 Å². The number of hydrogen-bond acceptors (Lipinski definition) is 3. The first kappa shape index (κ1) is 14.3. The molecule has 1 N–H and O–H groups in total. The normalized spacial score (nSPS) is 21.3. The lowest BCUT2D eigenvalue weighted by Crippen LogP contribution is -2.35. The van der Waals surface area contributed by atoms with Crippen LogP contribution in [0, 0.1) is 0 Å². The number of piperidine rings is 1. The fraction of sp³-hybridized carbons (Fsp3) is 0.529. The van der Waals surface area contributed by atoms with Crippen molar-refractivity contribution in [3.05, 3.63) is 48.0 Å². The molecule has 1 aromatic heterocycles. The van der Waals surface area contributed by atoms with Gasteiger partial charge in [0.25, 0.3) is 0 Å². The van der Waals surface area contributed by atoms with Gasteiger partial charge in [-0.05, 0) is 43.8 Å². The highest BCUT2D eigenvalue weighted by Crippen LogP contribution is 2.25. The van der Waals surface area contributed by atoms with Crippen molar-refractivity contribution >= 4 is 0 Å². The van der Waals surface area contributed by atoms with E-state index in [1.807, 2.05) is 0 Å². The van der Waals surface area contributed by atoms with Crippen molar-refractivity contribution < 1.29 is 0 Å². The Morgan fingerprint density at radius 1 is 1.33 bits per heavy atom. The summed E-state index contributed by atoms with van der Waals surface area (Å²) in [7, 11) is 0. The second kappa shape index (κ2) is 6.85. The number of aromatic amines is 1. The molecule has 4 heteroatoms. The zero-order chi connectivity index (χ0) is 14.5. The lowest BCUT2D eigenvalue weighted by molar-refractivity contribution is 0.199. The van der Waals surface area contributed by atoms with E-state index in [2.05, 4.69) is 57.3 Å². The molecule has 112 valence electrons. The van der Waals surface area contributed by atoms with Crippen LogP contribution >= 0.6 is 0 Å². The zero-order valence-corrected chi connectivity index (χ0v) is 12.7. The van der Waals surface area contributed by atoms with Gasteiger partial charge in [0, 0.05) is 12.5 Å². The standard InChI is InChI=1S/C17H24N4/c1-14(15-6-3-2-4-7-15)9-11-21-10-5-8-16(12-21)17-18-13-19-20-17/h2-4,6-7,13-14,16H,5,8-12H2,1H3,(H,18,19,20)/t14-,16+/m0/s1. The van der Waals surface area contributed by atoms with Crippen LogP contribution in [-0.4, -0.2) is 39.7 Å². The number of likely N-dealkylation sites (tertiary alicyclic amines) is 1. The van der Waals surface area contributed by atoms with Crippen LogP contribution in [0.5, 0.6) is 0 Å². The minimum absolute atomic E-state index is 0.522. The second-order valence-electron chi connectivity index (χ2n) is 6.11. The van der Waals surface area contributed by atoms with Crippen LogP contribution in [0.25, 0.3) is 0 Å². The summed E-state index contributed by atoms with van der Waals surface area (Å²) in [6.45, 7) is 5.82. The van der Waals surface area contributed by atoms with Gasteiger partial charge in [-0.25, -0.2) is 4.98 Å². The molecule has 1 aromatic carbocycles. The van der Waals surface area contributed by atoms with Gasteiger partial charge in [0.1, 0.15) is 12.2 Å². The molecule has 1 fully saturated rings. The molecule has 0 saturated carbocycles. The van der Waals surface area contributed by atoms with Gasteiger partial charge >= 0.3 is 0 Å². The summed E-state index contributed by atoms with van der Waals surface area (Å²) in [5, 5.41) is 7.01. The molecular formula is C17H24N4. The fourth-order valence-electron chi connectivity index (χ4n) is 3.22. The lowest BCUT2D eigenvalue weighted by Gasteiger charge is -2.32. The summed E-state index contributed by atoms with van der Waals surface area (Å²) in [5.41, 5.74) is 1.45. The predicted molar refractivity (Wildman–Crippen MR) is 84.3 cm³/mol. The smallest absolute Gasteiger partial charge is 0.137 e. The van der Waals surface area contributed by atoms with E-state index in [1.165, 1.54) is 37.9 Å². The fourth-order valence-corrected chi connectivity index (χ4v) is 3.22. The first-order chi connectivity index (χ1) is 10.3. The molecule has 1 aliphatic rings. The van der Waals surface area contributed by atoms with Gasteiger partial charge in [0.2, 0.25) is 0 Å². The Hall–Kier alpha value is -1.68. The van der Waals surface area contributed by atoms with E-state index < -0.39 is 0 Å². The van der Waals surface area contributed by atoms with Crippen LogP contribution in [0.2, 0.25) is 0 Å². The van der Waals surface area contributed by atoms with Gasteiger partial charge in [-0.3, -0.25) is 5.10 Å². The Balaban J connectivity index is 1.51. The van der Waals surface area contributed by atoms with Gasteiger partial charge in [-0.15, -0.1) is 0 Å². The SMILES string of the molecule is C[C@@H](CCN1CCC[C@@H](c2ncn[nH]2)C1)c1ccccc1. The summed E-state index contributed by atoms with van der Waals surface area (Å²) < 4.78 is 0. The van der Waals surface area contributed by atoms with E-state index in [-0.39, 0.29) is 0 Å². The summed E-state index contributed by atoms with van der Waals surface area (Å²) in [5.74, 6) is 2.20. The Bertz CT molecular complexity index is 523. The van der Waals surface area contributed by atoms with Crippen molar-refractivity contribution in [2.45, 2.75) is 38.0 Å². The quantitative estimate of drug-likeness (QED) is 0.917. The Kier molecular flexibility index (Phi) is 4.65. The van der Waals surface area contributed by atoms with Crippen LogP contribution in [0.3, 0.4) is 0 Å². The third-order valence-electron chi connectivity index (χ3n) is 4.57. The van der Waals surface area contributed by atoms with Crippen molar-refractivity contribution in [2.24, 2.45) is 0 Å². The topological polar surface area (TPSA) is 44.8 Å². The van der Waals surface area contributed by atoms with Gasteiger partial charge in [-0.2, -0.15) is 5.10 Å². The number of aromatic nitrogens is 3. The molecule has 2 heterocycles. The first-order valence-electron chi connectivity index (χ1n) is 7.95. The van der Waals surface area contributed by atoms with Crippen LogP contribution in [0.1, 0.15) is 49.4 Å². The molecule has 0 bridgehead atoms. The number of nitrogens with zero attached hydrogens (tertiary/aromatic N) is 3. The molecule has 0 aliphatic carbocycles. The highest BCUT2D eigenvalue weighted by atomic mass is 15.2.